The van der Waals surface area contributed by atoms with Gasteiger partial charge in [-0.2, -0.15) is 13.2 Å². The molecule has 4 atom stereocenters. The summed E-state index contributed by atoms with van der Waals surface area (Å²) in [5, 5.41) is 3.82. The summed E-state index contributed by atoms with van der Waals surface area (Å²) < 4.78 is 38.8. The highest BCUT2D eigenvalue weighted by Crippen LogP contribution is 2.55. The first-order valence-electron chi connectivity index (χ1n) is 12.1. The molecule has 1 aromatic rings. The van der Waals surface area contributed by atoms with Gasteiger partial charge in [-0.1, -0.05) is 0 Å². The maximum atomic E-state index is 12.9. The molecular formula is C24H36F3N5. The predicted octanol–water partition coefficient (Wildman–Crippen LogP) is 4.17. The highest BCUT2D eigenvalue weighted by Gasteiger charge is 2.53. The minimum absolute atomic E-state index is 0.0630. The standard InChI is InChI=1S/C24H36F3N5/c1-14-11-31(12-15(2)32(14)13-24(25,26)27)21-5-4-20(16(3)29-21)30-22-18-6-17-7-19(22)10-23(28,8-17)9-18/h4-5,14-15,17-19,22,30H,6-13,28H2,1-3H3. The fourth-order valence-corrected chi connectivity index (χ4v) is 7.44. The third-order valence-corrected chi connectivity index (χ3v) is 8.50. The van der Waals surface area contributed by atoms with Crippen molar-refractivity contribution in [2.45, 2.75) is 82.7 Å². The third kappa shape index (κ3) is 4.20. The largest absolute Gasteiger partial charge is 0.401 e. The Morgan fingerprint density at radius 3 is 2.25 bits per heavy atom. The normalized spacial score (nSPS) is 39.5. The topological polar surface area (TPSA) is 57.4 Å². The van der Waals surface area contributed by atoms with Crippen molar-refractivity contribution in [1.29, 1.82) is 0 Å². The molecule has 178 valence electrons. The number of hydrogen-bond donors (Lipinski definition) is 2. The number of pyridine rings is 1. The van der Waals surface area contributed by atoms with E-state index >= 15 is 0 Å². The van der Waals surface area contributed by atoms with Gasteiger partial charge in [-0.25, -0.2) is 4.98 Å². The third-order valence-electron chi connectivity index (χ3n) is 8.50. The van der Waals surface area contributed by atoms with E-state index in [2.05, 4.69) is 16.3 Å². The molecule has 3 N–H and O–H groups in total. The maximum Gasteiger partial charge on any atom is 0.401 e. The molecule has 4 unspecified atom stereocenters. The molecule has 5 nitrogen and oxygen atoms in total. The fraction of sp³-hybridized carbons (Fsp3) is 0.792. The first kappa shape index (κ1) is 22.3. The van der Waals surface area contributed by atoms with Crippen molar-refractivity contribution in [3.63, 3.8) is 0 Å². The second-order valence-electron chi connectivity index (χ2n) is 11.2. The van der Waals surface area contributed by atoms with Crippen LogP contribution in [0, 0.1) is 24.7 Å². The molecule has 5 fully saturated rings. The number of anilines is 2. The summed E-state index contributed by atoms with van der Waals surface area (Å²) in [6.07, 6.45) is 1.86. The Morgan fingerprint density at radius 1 is 1.09 bits per heavy atom. The van der Waals surface area contributed by atoms with Gasteiger partial charge in [0.05, 0.1) is 17.9 Å². The van der Waals surface area contributed by atoms with E-state index in [9.17, 15) is 13.2 Å². The van der Waals surface area contributed by atoms with Gasteiger partial charge in [-0.15, -0.1) is 0 Å². The molecule has 5 aliphatic rings. The molecule has 0 aromatic carbocycles. The number of aromatic nitrogens is 1. The lowest BCUT2D eigenvalue weighted by Gasteiger charge is -2.59. The minimum atomic E-state index is -4.17. The van der Waals surface area contributed by atoms with E-state index in [4.69, 9.17) is 10.7 Å². The number of rotatable bonds is 4. The molecule has 32 heavy (non-hydrogen) atoms. The summed E-state index contributed by atoms with van der Waals surface area (Å²) in [5.41, 5.74) is 8.76. The van der Waals surface area contributed by atoms with E-state index in [1.165, 1.54) is 19.3 Å². The number of aryl methyl sites for hydroxylation is 1. The summed E-state index contributed by atoms with van der Waals surface area (Å²) in [6, 6.07) is 4.24. The van der Waals surface area contributed by atoms with Gasteiger partial charge in [0.15, 0.2) is 0 Å². The SMILES string of the molecule is Cc1nc(N2CC(C)N(CC(F)(F)F)C(C)C2)ccc1NC1C2CC3CC1CC(N)(C3)C2. The van der Waals surface area contributed by atoms with Crippen LogP contribution in [0.2, 0.25) is 0 Å². The molecule has 0 amide bonds. The van der Waals surface area contributed by atoms with Crippen molar-refractivity contribution in [2.75, 3.05) is 29.9 Å². The molecule has 4 bridgehead atoms. The van der Waals surface area contributed by atoms with Crippen LogP contribution in [0.15, 0.2) is 12.1 Å². The second-order valence-corrected chi connectivity index (χ2v) is 11.2. The maximum absolute atomic E-state index is 12.9. The highest BCUT2D eigenvalue weighted by atomic mass is 19.4. The predicted molar refractivity (Wildman–Crippen MR) is 121 cm³/mol. The summed E-state index contributed by atoms with van der Waals surface area (Å²) in [5.74, 6) is 2.95. The van der Waals surface area contributed by atoms with Crippen LogP contribution in [0.5, 0.6) is 0 Å². The van der Waals surface area contributed by atoms with E-state index in [0.29, 0.717) is 31.0 Å². The van der Waals surface area contributed by atoms with Gasteiger partial charge in [0.25, 0.3) is 0 Å². The van der Waals surface area contributed by atoms with E-state index < -0.39 is 12.7 Å². The first-order valence-corrected chi connectivity index (χ1v) is 12.1. The lowest BCUT2D eigenvalue weighted by molar-refractivity contribution is -0.156. The first-order chi connectivity index (χ1) is 15.0. The van der Waals surface area contributed by atoms with Crippen LogP contribution in [0.4, 0.5) is 24.7 Å². The van der Waals surface area contributed by atoms with Crippen LogP contribution in [-0.4, -0.2) is 59.4 Å². The number of nitrogens with one attached hydrogen (secondary N) is 1. The minimum Gasteiger partial charge on any atom is -0.380 e. The van der Waals surface area contributed by atoms with Gasteiger partial charge in [-0.3, -0.25) is 4.90 Å². The van der Waals surface area contributed by atoms with Gasteiger partial charge in [0, 0.05) is 36.8 Å². The Kier molecular flexibility index (Phi) is 5.40. The quantitative estimate of drug-likeness (QED) is 0.720. The Balaban J connectivity index is 1.26. The fourth-order valence-electron chi connectivity index (χ4n) is 7.44. The van der Waals surface area contributed by atoms with Crippen molar-refractivity contribution in [2.24, 2.45) is 23.5 Å². The van der Waals surface area contributed by atoms with Crippen molar-refractivity contribution >= 4 is 11.5 Å². The molecule has 0 spiro atoms. The van der Waals surface area contributed by atoms with Crippen molar-refractivity contribution in [3.05, 3.63) is 17.8 Å². The average molecular weight is 452 g/mol. The van der Waals surface area contributed by atoms with Gasteiger partial charge in [-0.05, 0) is 82.8 Å². The van der Waals surface area contributed by atoms with E-state index in [1.54, 1.807) is 4.90 Å². The van der Waals surface area contributed by atoms with Gasteiger partial charge in [0.1, 0.15) is 5.82 Å². The molecule has 4 saturated carbocycles. The molecule has 1 aromatic heterocycles. The number of nitrogens with zero attached hydrogens (tertiary/aromatic N) is 3. The molecule has 6 rings (SSSR count). The number of alkyl halides is 3. The van der Waals surface area contributed by atoms with Crippen molar-refractivity contribution in [1.82, 2.24) is 9.88 Å². The monoisotopic (exact) mass is 451 g/mol. The number of nitrogens with two attached hydrogens (primary N) is 1. The number of piperazine rings is 1. The molecule has 2 heterocycles. The Bertz CT molecular complexity index is 831. The highest BCUT2D eigenvalue weighted by molar-refractivity contribution is 5.55. The van der Waals surface area contributed by atoms with Crippen molar-refractivity contribution < 1.29 is 13.2 Å². The Labute approximate surface area is 188 Å². The van der Waals surface area contributed by atoms with E-state index in [1.807, 2.05) is 26.8 Å². The van der Waals surface area contributed by atoms with Crippen LogP contribution in [0.25, 0.3) is 0 Å². The summed E-state index contributed by atoms with van der Waals surface area (Å²) in [7, 11) is 0. The Morgan fingerprint density at radius 2 is 1.72 bits per heavy atom. The lowest BCUT2D eigenvalue weighted by atomic mass is 9.51. The van der Waals surface area contributed by atoms with Crippen LogP contribution < -0.4 is 16.0 Å². The summed E-state index contributed by atoms with van der Waals surface area (Å²) in [4.78, 5) is 8.54. The van der Waals surface area contributed by atoms with Crippen LogP contribution in [0.3, 0.4) is 0 Å². The van der Waals surface area contributed by atoms with E-state index in [-0.39, 0.29) is 17.6 Å². The molecule has 0 radical (unpaired) electrons. The van der Waals surface area contributed by atoms with Crippen LogP contribution >= 0.6 is 0 Å². The molecule has 4 aliphatic carbocycles. The smallest absolute Gasteiger partial charge is 0.380 e. The molecule has 1 saturated heterocycles. The lowest BCUT2D eigenvalue weighted by Crippen LogP contribution is -2.62. The summed E-state index contributed by atoms with van der Waals surface area (Å²) >= 11 is 0. The van der Waals surface area contributed by atoms with Gasteiger partial charge >= 0.3 is 6.18 Å². The number of hydrogen-bond acceptors (Lipinski definition) is 5. The second kappa shape index (κ2) is 7.76. The zero-order valence-electron chi connectivity index (χ0n) is 19.3. The van der Waals surface area contributed by atoms with Crippen LogP contribution in [0.1, 0.15) is 51.6 Å². The van der Waals surface area contributed by atoms with Crippen molar-refractivity contribution in [3.8, 4) is 0 Å². The average Bonchev–Trinajstić information content (AvgIpc) is 2.66. The Hall–Kier alpha value is -1.54. The number of halogens is 3. The van der Waals surface area contributed by atoms with E-state index in [0.717, 1.165) is 36.0 Å². The molecule has 8 heteroatoms. The van der Waals surface area contributed by atoms with Crippen LogP contribution in [-0.2, 0) is 0 Å². The van der Waals surface area contributed by atoms with Gasteiger partial charge in [0.2, 0.25) is 0 Å². The molecule has 1 aliphatic heterocycles. The zero-order valence-corrected chi connectivity index (χ0v) is 19.3. The molecular weight excluding hydrogens is 415 g/mol. The summed E-state index contributed by atoms with van der Waals surface area (Å²) in [6.45, 7) is 6.01. The zero-order chi connectivity index (χ0) is 22.8. The van der Waals surface area contributed by atoms with Gasteiger partial charge < -0.3 is 16.0 Å².